The van der Waals surface area contributed by atoms with Crippen molar-refractivity contribution in [3.8, 4) is 5.69 Å². The molecular weight excluding hydrogens is 422 g/mol. The first-order chi connectivity index (χ1) is 15.9. The summed E-state index contributed by atoms with van der Waals surface area (Å²) < 4.78 is 7.49. The van der Waals surface area contributed by atoms with Gasteiger partial charge in [-0.3, -0.25) is 19.1 Å². The molecule has 1 N–H and O–H groups in total. The van der Waals surface area contributed by atoms with Crippen LogP contribution in [0.3, 0.4) is 0 Å². The highest BCUT2D eigenvalue weighted by Crippen LogP contribution is 2.24. The Morgan fingerprint density at radius 3 is 2.58 bits per heavy atom. The molecule has 9 nitrogen and oxygen atoms in total. The summed E-state index contributed by atoms with van der Waals surface area (Å²) in [6.07, 6.45) is 6.31. The molecule has 0 atom stereocenters. The Bertz CT molecular complexity index is 1210. The number of carbonyl (C=O) groups excluding carboxylic acids is 1. The average molecular weight is 452 g/mol. The van der Waals surface area contributed by atoms with Gasteiger partial charge in [0.15, 0.2) is 0 Å². The molecule has 1 aliphatic carbocycles. The molecule has 0 spiro atoms. The van der Waals surface area contributed by atoms with Gasteiger partial charge in [-0.2, -0.15) is 9.78 Å². The molecule has 0 saturated heterocycles. The number of furan rings is 1. The number of nitrogens with one attached hydrogen (secondary N) is 1. The standard InChI is InChI=1S/C24H29N5O4/c1-17-9-11-19(12-10-17)29-24(32)27(2)23(31)21(26-29)22(30)25-13-14-28(18-6-3-4-7-18)16-20-8-5-15-33-20/h5,8-12,15,18H,3-4,6-7,13-14,16H2,1-2H3,(H,25,30). The van der Waals surface area contributed by atoms with Crippen LogP contribution in [0.15, 0.2) is 56.7 Å². The molecule has 1 aromatic carbocycles. The van der Waals surface area contributed by atoms with Crippen molar-refractivity contribution < 1.29 is 9.21 Å². The van der Waals surface area contributed by atoms with Crippen LogP contribution in [0, 0.1) is 6.92 Å². The summed E-state index contributed by atoms with van der Waals surface area (Å²) in [5.74, 6) is 0.287. The van der Waals surface area contributed by atoms with E-state index in [4.69, 9.17) is 4.42 Å². The zero-order chi connectivity index (χ0) is 23.4. The highest BCUT2D eigenvalue weighted by atomic mass is 16.3. The smallest absolute Gasteiger partial charge is 0.351 e. The predicted molar refractivity (Wildman–Crippen MR) is 124 cm³/mol. The zero-order valence-corrected chi connectivity index (χ0v) is 19.0. The maximum Gasteiger partial charge on any atom is 0.351 e. The van der Waals surface area contributed by atoms with E-state index in [9.17, 15) is 14.4 Å². The maximum atomic E-state index is 12.8. The van der Waals surface area contributed by atoms with Gasteiger partial charge in [-0.05, 0) is 44.0 Å². The summed E-state index contributed by atoms with van der Waals surface area (Å²) in [7, 11) is 1.35. The van der Waals surface area contributed by atoms with Crippen molar-refractivity contribution >= 4 is 5.91 Å². The molecule has 9 heteroatoms. The minimum absolute atomic E-state index is 0.309. The lowest BCUT2D eigenvalue weighted by Gasteiger charge is -2.28. The number of hydrogen-bond acceptors (Lipinski definition) is 6. The van der Waals surface area contributed by atoms with Crippen LogP contribution in [0.1, 0.15) is 47.5 Å². The van der Waals surface area contributed by atoms with Crippen molar-refractivity contribution in [3.05, 3.63) is 80.5 Å². The number of nitrogens with zero attached hydrogens (tertiary/aromatic N) is 4. The SMILES string of the molecule is Cc1ccc(-n2nc(C(=O)NCCN(Cc3ccco3)C3CCCC3)c(=O)n(C)c2=O)cc1. The molecule has 0 bridgehead atoms. The number of rotatable bonds is 8. The largest absolute Gasteiger partial charge is 0.468 e. The molecule has 1 amide bonds. The third-order valence-corrected chi connectivity index (χ3v) is 6.13. The van der Waals surface area contributed by atoms with Gasteiger partial charge in [0.1, 0.15) is 5.76 Å². The van der Waals surface area contributed by atoms with E-state index in [2.05, 4.69) is 15.3 Å². The Morgan fingerprint density at radius 2 is 1.91 bits per heavy atom. The fraction of sp³-hybridized carbons (Fsp3) is 0.417. The highest BCUT2D eigenvalue weighted by Gasteiger charge is 2.24. The lowest BCUT2D eigenvalue weighted by Crippen LogP contribution is -2.46. The van der Waals surface area contributed by atoms with Crippen molar-refractivity contribution in [1.29, 1.82) is 0 Å². The zero-order valence-electron chi connectivity index (χ0n) is 19.0. The lowest BCUT2D eigenvalue weighted by molar-refractivity contribution is 0.0931. The quantitative estimate of drug-likeness (QED) is 0.562. The van der Waals surface area contributed by atoms with Gasteiger partial charge >= 0.3 is 5.69 Å². The molecule has 0 unspecified atom stereocenters. The van der Waals surface area contributed by atoms with E-state index in [0.717, 1.165) is 33.4 Å². The van der Waals surface area contributed by atoms with Crippen molar-refractivity contribution in [2.45, 2.75) is 45.2 Å². The Morgan fingerprint density at radius 1 is 1.18 bits per heavy atom. The van der Waals surface area contributed by atoms with Gasteiger partial charge in [-0.15, -0.1) is 0 Å². The Hall–Kier alpha value is -3.46. The highest BCUT2D eigenvalue weighted by molar-refractivity contribution is 5.91. The van der Waals surface area contributed by atoms with Gasteiger partial charge in [-0.25, -0.2) is 4.79 Å². The summed E-state index contributed by atoms with van der Waals surface area (Å²) >= 11 is 0. The first-order valence-corrected chi connectivity index (χ1v) is 11.3. The van der Waals surface area contributed by atoms with E-state index < -0.39 is 17.2 Å². The summed E-state index contributed by atoms with van der Waals surface area (Å²) in [5, 5.41) is 6.90. The molecule has 0 aliphatic heterocycles. The van der Waals surface area contributed by atoms with E-state index in [-0.39, 0.29) is 5.69 Å². The van der Waals surface area contributed by atoms with Crippen LogP contribution in [0.25, 0.3) is 5.69 Å². The van der Waals surface area contributed by atoms with Gasteiger partial charge in [0, 0.05) is 26.2 Å². The number of carbonyl (C=O) groups is 1. The van der Waals surface area contributed by atoms with Gasteiger partial charge < -0.3 is 9.73 Å². The second kappa shape index (κ2) is 9.99. The molecule has 2 aromatic heterocycles. The molecule has 4 rings (SSSR count). The summed E-state index contributed by atoms with van der Waals surface area (Å²) in [6, 6.07) is 11.4. The van der Waals surface area contributed by atoms with Gasteiger partial charge in [-0.1, -0.05) is 30.5 Å². The van der Waals surface area contributed by atoms with Crippen LogP contribution in [-0.2, 0) is 13.6 Å². The Balaban J connectivity index is 1.49. The van der Waals surface area contributed by atoms with Gasteiger partial charge in [0.25, 0.3) is 11.5 Å². The van der Waals surface area contributed by atoms with Crippen LogP contribution >= 0.6 is 0 Å². The molecule has 174 valence electrons. The third kappa shape index (κ3) is 5.14. The van der Waals surface area contributed by atoms with Crippen molar-refractivity contribution in [3.63, 3.8) is 0 Å². The first kappa shape index (κ1) is 22.7. The average Bonchev–Trinajstić information content (AvgIpc) is 3.52. The number of benzene rings is 1. The number of hydrogen-bond donors (Lipinski definition) is 1. The van der Waals surface area contributed by atoms with Crippen LogP contribution in [-0.4, -0.2) is 44.3 Å². The minimum Gasteiger partial charge on any atom is -0.468 e. The Labute approximate surface area is 191 Å². The van der Waals surface area contributed by atoms with E-state index in [1.54, 1.807) is 18.4 Å². The summed E-state index contributed by atoms with van der Waals surface area (Å²) in [5.41, 5.74) is -0.122. The monoisotopic (exact) mass is 451 g/mol. The molecule has 0 radical (unpaired) electrons. The minimum atomic E-state index is -0.718. The van der Waals surface area contributed by atoms with Crippen molar-refractivity contribution in [2.75, 3.05) is 13.1 Å². The first-order valence-electron chi connectivity index (χ1n) is 11.3. The van der Waals surface area contributed by atoms with Crippen molar-refractivity contribution in [2.24, 2.45) is 7.05 Å². The number of aryl methyl sites for hydroxylation is 1. The molecular formula is C24H29N5O4. The second-order valence-corrected chi connectivity index (χ2v) is 8.49. The molecule has 3 aromatic rings. The molecule has 1 fully saturated rings. The third-order valence-electron chi connectivity index (χ3n) is 6.13. The van der Waals surface area contributed by atoms with E-state index in [1.165, 1.54) is 19.9 Å². The maximum absolute atomic E-state index is 12.8. The topological polar surface area (TPSA) is 102 Å². The second-order valence-electron chi connectivity index (χ2n) is 8.49. The Kier molecular flexibility index (Phi) is 6.88. The van der Waals surface area contributed by atoms with Gasteiger partial charge in [0.05, 0.1) is 18.5 Å². The predicted octanol–water partition coefficient (Wildman–Crippen LogP) is 2.01. The summed E-state index contributed by atoms with van der Waals surface area (Å²) in [4.78, 5) is 40.3. The lowest BCUT2D eigenvalue weighted by atomic mass is 10.2. The van der Waals surface area contributed by atoms with Crippen LogP contribution in [0.2, 0.25) is 0 Å². The normalized spacial score (nSPS) is 14.2. The van der Waals surface area contributed by atoms with E-state index >= 15 is 0 Å². The van der Waals surface area contributed by atoms with E-state index in [1.807, 2.05) is 31.2 Å². The molecule has 1 saturated carbocycles. The fourth-order valence-electron chi connectivity index (χ4n) is 4.23. The van der Waals surface area contributed by atoms with Crippen molar-refractivity contribution in [1.82, 2.24) is 24.6 Å². The van der Waals surface area contributed by atoms with E-state index in [0.29, 0.717) is 31.4 Å². The molecule has 2 heterocycles. The molecule has 1 aliphatic rings. The summed E-state index contributed by atoms with van der Waals surface area (Å²) in [6.45, 7) is 3.58. The van der Waals surface area contributed by atoms with Crippen LogP contribution < -0.4 is 16.6 Å². The fourth-order valence-corrected chi connectivity index (χ4v) is 4.23. The van der Waals surface area contributed by atoms with Crippen LogP contribution in [0.5, 0.6) is 0 Å². The van der Waals surface area contributed by atoms with Gasteiger partial charge in [0.2, 0.25) is 5.69 Å². The number of aromatic nitrogens is 3. The van der Waals surface area contributed by atoms with Crippen LogP contribution in [0.4, 0.5) is 0 Å². The number of amides is 1. The molecule has 33 heavy (non-hydrogen) atoms.